The lowest BCUT2D eigenvalue weighted by Gasteiger charge is -2.06. The highest BCUT2D eigenvalue weighted by Crippen LogP contribution is 2.27. The first-order valence-electron chi connectivity index (χ1n) is 3.74. The Kier molecular flexibility index (Phi) is 1.70. The Hall–Kier alpha value is -1.51. The first-order valence-corrected chi connectivity index (χ1v) is 3.74. The molecular formula is C9H8O3. The zero-order valence-corrected chi connectivity index (χ0v) is 6.40. The Balaban J connectivity index is 2.16. The third kappa shape index (κ3) is 1.13. The number of benzene rings is 1. The maximum atomic E-state index is 10.0. The molecule has 0 fully saturated rings. The summed E-state index contributed by atoms with van der Waals surface area (Å²) in [6.45, 7) is 0.413. The van der Waals surface area contributed by atoms with Crippen LogP contribution in [0.3, 0.4) is 0 Å². The van der Waals surface area contributed by atoms with E-state index in [1.807, 2.05) is 24.3 Å². The molecule has 3 heteroatoms. The van der Waals surface area contributed by atoms with Crippen LogP contribution in [0.2, 0.25) is 0 Å². The van der Waals surface area contributed by atoms with Crippen molar-refractivity contribution in [2.24, 2.45) is 0 Å². The predicted octanol–water partition coefficient (Wildman–Crippen LogP) is 1.12. The third-order valence-corrected chi connectivity index (χ3v) is 1.82. The molecule has 0 aliphatic carbocycles. The number of para-hydroxylation sites is 1. The molecule has 0 amide bonds. The zero-order valence-electron chi connectivity index (χ0n) is 6.40. The van der Waals surface area contributed by atoms with Crippen LogP contribution < -0.4 is 4.74 Å². The molecule has 0 saturated heterocycles. The second-order valence-corrected chi connectivity index (χ2v) is 2.59. The second kappa shape index (κ2) is 2.85. The van der Waals surface area contributed by atoms with Gasteiger partial charge in [-0.1, -0.05) is 18.2 Å². The van der Waals surface area contributed by atoms with Gasteiger partial charge in [-0.2, -0.15) is 0 Å². The minimum Gasteiger partial charge on any atom is -0.454 e. The van der Waals surface area contributed by atoms with Crippen molar-refractivity contribution in [2.75, 3.05) is 0 Å². The molecule has 1 aliphatic heterocycles. The molecule has 12 heavy (non-hydrogen) atoms. The van der Waals surface area contributed by atoms with Gasteiger partial charge in [-0.25, -0.2) is 0 Å². The van der Waals surface area contributed by atoms with E-state index in [9.17, 15) is 4.79 Å². The Morgan fingerprint density at radius 2 is 2.33 bits per heavy atom. The number of rotatable bonds is 2. The minimum absolute atomic E-state index is 0.413. The van der Waals surface area contributed by atoms with Gasteiger partial charge in [-0.05, 0) is 6.07 Å². The van der Waals surface area contributed by atoms with Gasteiger partial charge < -0.3 is 9.47 Å². The molecule has 0 saturated carbocycles. The largest absolute Gasteiger partial charge is 0.454 e. The molecule has 1 heterocycles. The summed E-state index contributed by atoms with van der Waals surface area (Å²) in [5, 5.41) is 0. The monoisotopic (exact) mass is 164 g/mol. The van der Waals surface area contributed by atoms with Gasteiger partial charge in [0.15, 0.2) is 0 Å². The highest BCUT2D eigenvalue weighted by molar-refractivity contribution is 5.40. The van der Waals surface area contributed by atoms with Crippen LogP contribution in [0.15, 0.2) is 24.3 Å². The number of ether oxygens (including phenoxy) is 2. The Morgan fingerprint density at radius 1 is 1.50 bits per heavy atom. The summed E-state index contributed by atoms with van der Waals surface area (Å²) < 4.78 is 9.98. The van der Waals surface area contributed by atoms with Crippen LogP contribution in [-0.2, 0) is 16.0 Å². The quantitative estimate of drug-likeness (QED) is 0.614. The molecule has 62 valence electrons. The van der Waals surface area contributed by atoms with E-state index in [4.69, 9.17) is 4.74 Å². The van der Waals surface area contributed by atoms with Gasteiger partial charge in [0.2, 0.25) is 6.29 Å². The lowest BCUT2D eigenvalue weighted by Crippen LogP contribution is -2.16. The van der Waals surface area contributed by atoms with E-state index < -0.39 is 6.29 Å². The average molecular weight is 164 g/mol. The summed E-state index contributed by atoms with van der Waals surface area (Å²) in [7, 11) is 0. The molecule has 2 rings (SSSR count). The number of hydrogen-bond donors (Lipinski definition) is 0. The first-order chi connectivity index (χ1) is 5.90. The Bertz CT molecular complexity index is 271. The SMILES string of the molecule is O=COC1Cc2ccccc2O1. The van der Waals surface area contributed by atoms with Crippen molar-refractivity contribution in [2.45, 2.75) is 12.7 Å². The van der Waals surface area contributed by atoms with Crippen molar-refractivity contribution in [3.63, 3.8) is 0 Å². The molecule has 1 aromatic rings. The fourth-order valence-electron chi connectivity index (χ4n) is 1.29. The highest BCUT2D eigenvalue weighted by Gasteiger charge is 2.22. The fraction of sp³-hybridized carbons (Fsp3) is 0.222. The lowest BCUT2D eigenvalue weighted by molar-refractivity contribution is -0.145. The smallest absolute Gasteiger partial charge is 0.296 e. The van der Waals surface area contributed by atoms with Gasteiger partial charge >= 0.3 is 0 Å². The number of hydrogen-bond acceptors (Lipinski definition) is 3. The summed E-state index contributed by atoms with van der Waals surface area (Å²) in [5.74, 6) is 0.810. The van der Waals surface area contributed by atoms with E-state index in [1.54, 1.807) is 0 Å². The van der Waals surface area contributed by atoms with Crippen molar-refractivity contribution in [3.05, 3.63) is 29.8 Å². The number of carbonyl (C=O) groups excluding carboxylic acids is 1. The Morgan fingerprint density at radius 3 is 3.08 bits per heavy atom. The maximum Gasteiger partial charge on any atom is 0.296 e. The molecule has 0 N–H and O–H groups in total. The van der Waals surface area contributed by atoms with Gasteiger partial charge in [0.1, 0.15) is 5.75 Å². The topological polar surface area (TPSA) is 35.5 Å². The van der Waals surface area contributed by atoms with E-state index in [0.29, 0.717) is 12.9 Å². The molecule has 0 spiro atoms. The normalized spacial score (nSPS) is 19.5. The van der Waals surface area contributed by atoms with E-state index in [2.05, 4.69) is 4.74 Å². The molecule has 1 unspecified atom stereocenters. The fourth-order valence-corrected chi connectivity index (χ4v) is 1.29. The van der Waals surface area contributed by atoms with Crippen LogP contribution in [0, 0.1) is 0 Å². The summed E-state index contributed by atoms with van der Waals surface area (Å²) in [5.41, 5.74) is 1.09. The molecule has 1 atom stereocenters. The molecule has 0 aromatic heterocycles. The van der Waals surface area contributed by atoms with Crippen LogP contribution in [-0.4, -0.2) is 12.8 Å². The molecule has 3 nitrogen and oxygen atoms in total. The standard InChI is InChI=1S/C9H8O3/c10-6-11-9-5-7-3-1-2-4-8(7)12-9/h1-4,6,9H,5H2. The molecule has 1 aliphatic rings. The van der Waals surface area contributed by atoms with Crippen LogP contribution in [0.5, 0.6) is 5.75 Å². The third-order valence-electron chi connectivity index (χ3n) is 1.82. The van der Waals surface area contributed by atoms with Crippen LogP contribution >= 0.6 is 0 Å². The van der Waals surface area contributed by atoms with Crippen LogP contribution in [0.25, 0.3) is 0 Å². The number of fused-ring (bicyclic) bond motifs is 1. The van der Waals surface area contributed by atoms with Gasteiger partial charge in [-0.3, -0.25) is 4.79 Å². The summed E-state index contributed by atoms with van der Waals surface area (Å²) >= 11 is 0. The van der Waals surface area contributed by atoms with Crippen molar-refractivity contribution in [1.82, 2.24) is 0 Å². The maximum absolute atomic E-state index is 10.0. The predicted molar refractivity (Wildman–Crippen MR) is 41.7 cm³/mol. The Labute approximate surface area is 69.9 Å². The average Bonchev–Trinajstić information content (AvgIpc) is 2.47. The van der Waals surface area contributed by atoms with Crippen molar-refractivity contribution in [3.8, 4) is 5.75 Å². The molecule has 0 radical (unpaired) electrons. The van der Waals surface area contributed by atoms with Crippen molar-refractivity contribution >= 4 is 6.47 Å². The number of carbonyl (C=O) groups is 1. The van der Waals surface area contributed by atoms with Gasteiger partial charge in [0.25, 0.3) is 6.47 Å². The van der Waals surface area contributed by atoms with E-state index in [1.165, 1.54) is 0 Å². The highest BCUT2D eigenvalue weighted by atomic mass is 16.7. The van der Waals surface area contributed by atoms with Crippen molar-refractivity contribution < 1.29 is 14.3 Å². The minimum atomic E-state index is -0.431. The summed E-state index contributed by atoms with van der Waals surface area (Å²) in [6.07, 6.45) is 0.217. The van der Waals surface area contributed by atoms with Gasteiger partial charge in [0, 0.05) is 5.56 Å². The molecule has 1 aromatic carbocycles. The van der Waals surface area contributed by atoms with Crippen LogP contribution in [0.1, 0.15) is 5.56 Å². The van der Waals surface area contributed by atoms with Crippen molar-refractivity contribution in [1.29, 1.82) is 0 Å². The van der Waals surface area contributed by atoms with E-state index in [0.717, 1.165) is 11.3 Å². The second-order valence-electron chi connectivity index (χ2n) is 2.59. The first kappa shape index (κ1) is 7.16. The zero-order chi connectivity index (χ0) is 8.39. The van der Waals surface area contributed by atoms with Crippen LogP contribution in [0.4, 0.5) is 0 Å². The van der Waals surface area contributed by atoms with E-state index in [-0.39, 0.29) is 0 Å². The van der Waals surface area contributed by atoms with Gasteiger partial charge in [0.05, 0.1) is 6.42 Å². The van der Waals surface area contributed by atoms with Gasteiger partial charge in [-0.15, -0.1) is 0 Å². The van der Waals surface area contributed by atoms with E-state index >= 15 is 0 Å². The molecule has 0 bridgehead atoms. The molecular weight excluding hydrogens is 156 g/mol. The lowest BCUT2D eigenvalue weighted by atomic mass is 10.2. The summed E-state index contributed by atoms with van der Waals surface area (Å²) in [4.78, 5) is 10.0. The summed E-state index contributed by atoms with van der Waals surface area (Å²) in [6, 6.07) is 7.65.